The summed E-state index contributed by atoms with van der Waals surface area (Å²) in [5.74, 6) is -1.63. The first kappa shape index (κ1) is 15.0. The minimum Gasteiger partial charge on any atom is -0.477 e. The van der Waals surface area contributed by atoms with Crippen molar-refractivity contribution in [1.29, 1.82) is 0 Å². The van der Waals surface area contributed by atoms with Crippen molar-refractivity contribution in [2.45, 2.75) is 13.0 Å². The fraction of sp³-hybridized carbons (Fsp3) is 0.133. The summed E-state index contributed by atoms with van der Waals surface area (Å²) in [6, 6.07) is 11.1. The van der Waals surface area contributed by atoms with Crippen LogP contribution in [0.2, 0.25) is 5.02 Å². The number of carbonyl (C=O) groups excluding carboxylic acids is 1. The zero-order valence-corrected chi connectivity index (χ0v) is 12.0. The molecule has 0 aliphatic rings. The van der Waals surface area contributed by atoms with E-state index in [4.69, 9.17) is 16.7 Å². The van der Waals surface area contributed by atoms with Crippen molar-refractivity contribution in [2.24, 2.45) is 0 Å². The highest BCUT2D eigenvalue weighted by atomic mass is 35.5. The van der Waals surface area contributed by atoms with Gasteiger partial charge in [0.25, 0.3) is 5.91 Å². The molecule has 0 bridgehead atoms. The third-order valence-electron chi connectivity index (χ3n) is 2.92. The van der Waals surface area contributed by atoms with Crippen LogP contribution in [0.5, 0.6) is 0 Å². The van der Waals surface area contributed by atoms with Crippen LogP contribution < -0.4 is 5.32 Å². The van der Waals surface area contributed by atoms with Gasteiger partial charge in [0.15, 0.2) is 0 Å². The molecule has 0 saturated heterocycles. The number of carboxylic acids is 1. The number of aromatic nitrogens is 1. The van der Waals surface area contributed by atoms with Crippen LogP contribution in [-0.4, -0.2) is 22.0 Å². The normalized spacial score (nSPS) is 11.7. The number of amides is 1. The molecule has 2 N–H and O–H groups in total. The molecule has 1 amide bonds. The second kappa shape index (κ2) is 6.37. The minimum atomic E-state index is -1.18. The maximum absolute atomic E-state index is 12.1. The van der Waals surface area contributed by atoms with Crippen molar-refractivity contribution in [2.75, 3.05) is 0 Å². The van der Waals surface area contributed by atoms with E-state index in [1.165, 1.54) is 18.2 Å². The maximum atomic E-state index is 12.1. The number of carboxylic acid groups (broad SMARTS) is 1. The van der Waals surface area contributed by atoms with Crippen molar-refractivity contribution in [3.8, 4) is 0 Å². The molecule has 2 rings (SSSR count). The molecule has 1 heterocycles. The number of hydrogen-bond donors (Lipinski definition) is 2. The van der Waals surface area contributed by atoms with Crippen molar-refractivity contribution in [3.05, 3.63) is 64.4 Å². The lowest BCUT2D eigenvalue weighted by Gasteiger charge is -2.15. The summed E-state index contributed by atoms with van der Waals surface area (Å²) in [5.41, 5.74) is 0.656. The number of nitrogens with one attached hydrogen (secondary N) is 1. The fourth-order valence-electron chi connectivity index (χ4n) is 1.85. The minimum absolute atomic E-state index is 0.0498. The third kappa shape index (κ3) is 3.58. The highest BCUT2D eigenvalue weighted by molar-refractivity contribution is 6.31. The average Bonchev–Trinajstić information content (AvgIpc) is 2.47. The van der Waals surface area contributed by atoms with E-state index < -0.39 is 11.9 Å². The Morgan fingerprint density at radius 2 is 1.81 bits per heavy atom. The van der Waals surface area contributed by atoms with Crippen LogP contribution in [0.25, 0.3) is 0 Å². The molecule has 5 nitrogen and oxygen atoms in total. The summed E-state index contributed by atoms with van der Waals surface area (Å²) < 4.78 is 0. The van der Waals surface area contributed by atoms with Crippen molar-refractivity contribution in [1.82, 2.24) is 10.3 Å². The fourth-order valence-corrected chi connectivity index (χ4v) is 2.15. The summed E-state index contributed by atoms with van der Waals surface area (Å²) in [5, 5.41) is 12.2. The van der Waals surface area contributed by atoms with E-state index in [1.54, 1.807) is 19.1 Å². The maximum Gasteiger partial charge on any atom is 0.354 e. The van der Waals surface area contributed by atoms with Gasteiger partial charge in [-0.1, -0.05) is 35.9 Å². The Morgan fingerprint density at radius 3 is 2.48 bits per heavy atom. The highest BCUT2D eigenvalue weighted by Gasteiger charge is 2.16. The molecule has 21 heavy (non-hydrogen) atoms. The van der Waals surface area contributed by atoms with Gasteiger partial charge in [0.1, 0.15) is 11.4 Å². The van der Waals surface area contributed by atoms with Gasteiger partial charge in [0.2, 0.25) is 0 Å². The molecule has 6 heteroatoms. The number of carbonyl (C=O) groups is 2. The Morgan fingerprint density at radius 1 is 1.14 bits per heavy atom. The Bertz CT molecular complexity index is 688. The molecule has 0 aliphatic carbocycles. The first-order valence-corrected chi connectivity index (χ1v) is 6.62. The Kier molecular flexibility index (Phi) is 4.55. The van der Waals surface area contributed by atoms with Crippen molar-refractivity contribution in [3.63, 3.8) is 0 Å². The largest absolute Gasteiger partial charge is 0.477 e. The summed E-state index contributed by atoms with van der Waals surface area (Å²) in [7, 11) is 0. The number of hydrogen-bond acceptors (Lipinski definition) is 3. The molecule has 1 unspecified atom stereocenters. The zero-order chi connectivity index (χ0) is 15.4. The van der Waals surface area contributed by atoms with E-state index in [-0.39, 0.29) is 17.4 Å². The van der Waals surface area contributed by atoms with E-state index >= 15 is 0 Å². The van der Waals surface area contributed by atoms with Crippen LogP contribution >= 0.6 is 11.6 Å². The Balaban J connectivity index is 2.16. The van der Waals surface area contributed by atoms with Gasteiger partial charge in [-0.2, -0.15) is 0 Å². The molecule has 2 aromatic rings. The van der Waals surface area contributed by atoms with Crippen molar-refractivity contribution < 1.29 is 14.7 Å². The van der Waals surface area contributed by atoms with Crippen LogP contribution in [-0.2, 0) is 0 Å². The molecular formula is C15H13ClN2O3. The van der Waals surface area contributed by atoms with E-state index in [0.717, 1.165) is 5.56 Å². The van der Waals surface area contributed by atoms with Gasteiger partial charge in [-0.3, -0.25) is 4.79 Å². The monoisotopic (exact) mass is 304 g/mol. The average molecular weight is 305 g/mol. The lowest BCUT2D eigenvalue weighted by molar-refractivity contribution is 0.0690. The summed E-state index contributed by atoms with van der Waals surface area (Å²) in [4.78, 5) is 26.8. The SMILES string of the molecule is CC(NC(=O)c1cccc(C(=O)O)n1)c1ccccc1Cl. The van der Waals surface area contributed by atoms with Gasteiger partial charge in [0.05, 0.1) is 6.04 Å². The molecule has 0 aliphatic heterocycles. The number of pyridine rings is 1. The number of halogens is 1. The third-order valence-corrected chi connectivity index (χ3v) is 3.26. The van der Waals surface area contributed by atoms with E-state index in [2.05, 4.69) is 10.3 Å². The predicted molar refractivity (Wildman–Crippen MR) is 78.5 cm³/mol. The van der Waals surface area contributed by atoms with Crippen LogP contribution in [0.4, 0.5) is 0 Å². The number of rotatable bonds is 4. The molecule has 1 atom stereocenters. The summed E-state index contributed by atoms with van der Waals surface area (Å²) >= 11 is 6.07. The van der Waals surface area contributed by atoms with Crippen LogP contribution in [0.1, 0.15) is 39.5 Å². The van der Waals surface area contributed by atoms with E-state index in [9.17, 15) is 9.59 Å². The van der Waals surface area contributed by atoms with Gasteiger partial charge in [0, 0.05) is 5.02 Å². The van der Waals surface area contributed by atoms with Crippen LogP contribution in [0.15, 0.2) is 42.5 Å². The topological polar surface area (TPSA) is 79.3 Å². The number of benzene rings is 1. The van der Waals surface area contributed by atoms with Gasteiger partial charge in [-0.15, -0.1) is 0 Å². The first-order valence-electron chi connectivity index (χ1n) is 6.24. The van der Waals surface area contributed by atoms with E-state index in [1.807, 2.05) is 12.1 Å². The number of nitrogens with zero attached hydrogens (tertiary/aromatic N) is 1. The molecule has 1 aromatic carbocycles. The first-order chi connectivity index (χ1) is 9.99. The lowest BCUT2D eigenvalue weighted by Crippen LogP contribution is -2.28. The summed E-state index contributed by atoms with van der Waals surface area (Å²) in [6.45, 7) is 1.79. The highest BCUT2D eigenvalue weighted by Crippen LogP contribution is 2.22. The standard InChI is InChI=1S/C15H13ClN2O3/c1-9(10-5-2-3-6-11(10)16)17-14(19)12-7-4-8-13(18-12)15(20)21/h2-9H,1H3,(H,17,19)(H,20,21). The Labute approximate surface area is 126 Å². The zero-order valence-electron chi connectivity index (χ0n) is 11.2. The van der Waals surface area contributed by atoms with E-state index in [0.29, 0.717) is 5.02 Å². The molecule has 1 aromatic heterocycles. The quantitative estimate of drug-likeness (QED) is 0.910. The van der Waals surface area contributed by atoms with Crippen LogP contribution in [0.3, 0.4) is 0 Å². The lowest BCUT2D eigenvalue weighted by atomic mass is 10.1. The number of aromatic carboxylic acids is 1. The molecule has 0 spiro atoms. The van der Waals surface area contributed by atoms with Gasteiger partial charge in [-0.25, -0.2) is 9.78 Å². The smallest absolute Gasteiger partial charge is 0.354 e. The second-order valence-corrected chi connectivity index (χ2v) is 4.84. The molecule has 108 valence electrons. The van der Waals surface area contributed by atoms with Gasteiger partial charge in [-0.05, 0) is 30.7 Å². The molecular weight excluding hydrogens is 292 g/mol. The predicted octanol–water partition coefficient (Wildman–Crippen LogP) is 2.92. The van der Waals surface area contributed by atoms with Crippen molar-refractivity contribution >= 4 is 23.5 Å². The second-order valence-electron chi connectivity index (χ2n) is 4.43. The molecule has 0 fully saturated rings. The molecule has 0 radical (unpaired) electrons. The Hall–Kier alpha value is -2.40. The molecule has 0 saturated carbocycles. The van der Waals surface area contributed by atoms with Gasteiger partial charge >= 0.3 is 5.97 Å². The summed E-state index contributed by atoms with van der Waals surface area (Å²) in [6.07, 6.45) is 0. The van der Waals surface area contributed by atoms with Crippen LogP contribution in [0, 0.1) is 0 Å². The van der Waals surface area contributed by atoms with Gasteiger partial charge < -0.3 is 10.4 Å².